The summed E-state index contributed by atoms with van der Waals surface area (Å²) in [6.07, 6.45) is 1.18. The van der Waals surface area contributed by atoms with Crippen LogP contribution in [0.1, 0.15) is 12.0 Å². The number of aliphatic imine (C=N–C) groups is 1. The molecule has 26 heavy (non-hydrogen) atoms. The van der Waals surface area contributed by atoms with Crippen molar-refractivity contribution in [3.05, 3.63) is 29.8 Å². The zero-order valence-electron chi connectivity index (χ0n) is 15.5. The van der Waals surface area contributed by atoms with Crippen molar-refractivity contribution in [2.24, 2.45) is 4.99 Å². The number of hydrogen-bond acceptors (Lipinski definition) is 4. The number of para-hydroxylation sites is 1. The van der Waals surface area contributed by atoms with Gasteiger partial charge in [-0.2, -0.15) is 8.78 Å². The first-order valence-electron chi connectivity index (χ1n) is 8.96. The van der Waals surface area contributed by atoms with Crippen molar-refractivity contribution in [2.75, 3.05) is 53.4 Å². The van der Waals surface area contributed by atoms with E-state index in [1.54, 1.807) is 25.2 Å². The van der Waals surface area contributed by atoms with Crippen LogP contribution in [0.25, 0.3) is 0 Å². The number of benzene rings is 1. The number of nitrogens with zero attached hydrogens (tertiary/aromatic N) is 3. The molecule has 1 aliphatic rings. The van der Waals surface area contributed by atoms with Crippen molar-refractivity contribution in [3.63, 3.8) is 0 Å². The van der Waals surface area contributed by atoms with Crippen molar-refractivity contribution < 1.29 is 13.5 Å². The molecule has 1 heterocycles. The van der Waals surface area contributed by atoms with Gasteiger partial charge in [0.05, 0.1) is 0 Å². The lowest BCUT2D eigenvalue weighted by molar-refractivity contribution is -0.0504. The molecule has 0 unspecified atom stereocenters. The van der Waals surface area contributed by atoms with Crippen molar-refractivity contribution in [3.8, 4) is 5.75 Å². The topological polar surface area (TPSA) is 52.1 Å². The van der Waals surface area contributed by atoms with Gasteiger partial charge in [0.25, 0.3) is 0 Å². The van der Waals surface area contributed by atoms with Crippen LogP contribution in [0.15, 0.2) is 29.3 Å². The van der Waals surface area contributed by atoms with Gasteiger partial charge in [0, 0.05) is 45.3 Å². The summed E-state index contributed by atoms with van der Waals surface area (Å²) in [6, 6.07) is 6.76. The van der Waals surface area contributed by atoms with Crippen molar-refractivity contribution >= 4 is 5.96 Å². The molecule has 0 aliphatic carbocycles. The number of halogens is 2. The van der Waals surface area contributed by atoms with E-state index in [0.717, 1.165) is 39.3 Å². The Morgan fingerprint density at radius 2 is 2.00 bits per heavy atom. The summed E-state index contributed by atoms with van der Waals surface area (Å²) in [5.41, 5.74) is 0.659. The van der Waals surface area contributed by atoms with Crippen LogP contribution >= 0.6 is 0 Å². The zero-order chi connectivity index (χ0) is 18.8. The van der Waals surface area contributed by atoms with Gasteiger partial charge >= 0.3 is 6.61 Å². The molecule has 0 radical (unpaired) electrons. The molecule has 0 atom stereocenters. The summed E-state index contributed by atoms with van der Waals surface area (Å²) >= 11 is 0. The number of hydrogen-bond donors (Lipinski definition) is 2. The summed E-state index contributed by atoms with van der Waals surface area (Å²) in [5, 5.41) is 6.42. The van der Waals surface area contributed by atoms with E-state index in [2.05, 4.69) is 37.2 Å². The molecule has 8 heteroatoms. The highest BCUT2D eigenvalue weighted by atomic mass is 19.3. The molecule has 0 bridgehead atoms. The van der Waals surface area contributed by atoms with Gasteiger partial charge in [-0.3, -0.25) is 4.99 Å². The fraction of sp³-hybridized carbons (Fsp3) is 0.611. The number of guanidine groups is 1. The Hall–Kier alpha value is -1.93. The highest BCUT2D eigenvalue weighted by Gasteiger charge is 2.12. The smallest absolute Gasteiger partial charge is 0.387 e. The average Bonchev–Trinajstić information content (AvgIpc) is 2.83. The summed E-state index contributed by atoms with van der Waals surface area (Å²) < 4.78 is 29.5. The van der Waals surface area contributed by atoms with Gasteiger partial charge in [0.15, 0.2) is 5.96 Å². The van der Waals surface area contributed by atoms with E-state index in [9.17, 15) is 8.78 Å². The Kier molecular flexibility index (Phi) is 8.57. The standard InChI is InChI=1S/C18H29F2N5O/c1-21-18(22-8-11-25-10-5-9-24(2)12-13-25)23-14-15-6-3-4-7-16(15)26-17(19)20/h3-4,6-7,17H,5,8-14H2,1-2H3,(H2,21,22,23). The van der Waals surface area contributed by atoms with Gasteiger partial charge in [-0.15, -0.1) is 0 Å². The Bertz CT molecular complexity index is 570. The number of nitrogens with one attached hydrogen (secondary N) is 2. The molecule has 0 spiro atoms. The minimum absolute atomic E-state index is 0.180. The van der Waals surface area contributed by atoms with Crippen molar-refractivity contribution in [1.82, 2.24) is 20.4 Å². The number of likely N-dealkylation sites (N-methyl/N-ethyl adjacent to an activating group) is 1. The summed E-state index contributed by atoms with van der Waals surface area (Å²) in [5.74, 6) is 0.822. The third-order valence-corrected chi connectivity index (χ3v) is 4.39. The van der Waals surface area contributed by atoms with E-state index in [1.807, 2.05) is 0 Å². The van der Waals surface area contributed by atoms with Crippen molar-refractivity contribution in [1.29, 1.82) is 0 Å². The SMILES string of the molecule is CN=C(NCCN1CCCN(C)CC1)NCc1ccccc1OC(F)F. The van der Waals surface area contributed by atoms with Gasteiger partial charge in [0.1, 0.15) is 5.75 Å². The van der Waals surface area contributed by atoms with Crippen LogP contribution < -0.4 is 15.4 Å². The number of alkyl halides is 2. The predicted octanol–water partition coefficient (Wildman–Crippen LogP) is 1.59. The molecule has 0 saturated carbocycles. The largest absolute Gasteiger partial charge is 0.434 e. The molecule has 2 N–H and O–H groups in total. The normalized spacial score (nSPS) is 17.2. The van der Waals surface area contributed by atoms with Gasteiger partial charge in [-0.25, -0.2) is 0 Å². The molecule has 1 fully saturated rings. The summed E-state index contributed by atoms with van der Waals surface area (Å²) in [7, 11) is 3.85. The molecular formula is C18H29F2N5O. The fourth-order valence-corrected chi connectivity index (χ4v) is 2.92. The molecule has 1 aromatic rings. The second-order valence-corrected chi connectivity index (χ2v) is 6.34. The maximum absolute atomic E-state index is 12.5. The quantitative estimate of drug-likeness (QED) is 0.565. The van der Waals surface area contributed by atoms with Crippen LogP contribution in [0.2, 0.25) is 0 Å². The van der Waals surface area contributed by atoms with E-state index in [1.165, 1.54) is 12.5 Å². The molecule has 6 nitrogen and oxygen atoms in total. The van der Waals surface area contributed by atoms with Crippen LogP contribution in [0.3, 0.4) is 0 Å². The minimum atomic E-state index is -2.83. The Morgan fingerprint density at radius 1 is 1.19 bits per heavy atom. The second-order valence-electron chi connectivity index (χ2n) is 6.34. The second kappa shape index (κ2) is 10.9. The highest BCUT2D eigenvalue weighted by Crippen LogP contribution is 2.19. The van der Waals surface area contributed by atoms with E-state index >= 15 is 0 Å². The van der Waals surface area contributed by atoms with E-state index in [-0.39, 0.29) is 5.75 Å². The molecule has 0 amide bonds. The van der Waals surface area contributed by atoms with Crippen LogP contribution in [0.5, 0.6) is 5.75 Å². The fourth-order valence-electron chi connectivity index (χ4n) is 2.92. The summed E-state index contributed by atoms with van der Waals surface area (Å²) in [4.78, 5) is 8.98. The monoisotopic (exact) mass is 369 g/mol. The zero-order valence-corrected chi connectivity index (χ0v) is 15.5. The lowest BCUT2D eigenvalue weighted by Gasteiger charge is -2.21. The molecule has 1 aliphatic heterocycles. The van der Waals surface area contributed by atoms with Crippen LogP contribution in [-0.4, -0.2) is 75.7 Å². The maximum Gasteiger partial charge on any atom is 0.387 e. The van der Waals surface area contributed by atoms with Gasteiger partial charge < -0.3 is 25.2 Å². The molecule has 2 rings (SSSR count). The number of rotatable bonds is 7. The molecule has 0 aromatic heterocycles. The third kappa shape index (κ3) is 7.13. The lowest BCUT2D eigenvalue weighted by Crippen LogP contribution is -2.42. The van der Waals surface area contributed by atoms with Gasteiger partial charge in [0.2, 0.25) is 0 Å². The average molecular weight is 369 g/mol. The predicted molar refractivity (Wildman–Crippen MR) is 99.8 cm³/mol. The first-order valence-corrected chi connectivity index (χ1v) is 8.96. The molecule has 1 saturated heterocycles. The Balaban J connectivity index is 1.76. The van der Waals surface area contributed by atoms with Crippen LogP contribution in [-0.2, 0) is 6.54 Å². The third-order valence-electron chi connectivity index (χ3n) is 4.39. The maximum atomic E-state index is 12.5. The van der Waals surface area contributed by atoms with Gasteiger partial charge in [-0.1, -0.05) is 18.2 Å². The molecular weight excluding hydrogens is 340 g/mol. The first-order chi connectivity index (χ1) is 12.6. The summed E-state index contributed by atoms with van der Waals surface area (Å²) in [6.45, 7) is 3.66. The first kappa shape index (κ1) is 20.4. The van der Waals surface area contributed by atoms with E-state index < -0.39 is 6.61 Å². The Labute approximate surface area is 154 Å². The lowest BCUT2D eigenvalue weighted by atomic mass is 10.2. The van der Waals surface area contributed by atoms with Gasteiger partial charge in [-0.05, 0) is 32.6 Å². The van der Waals surface area contributed by atoms with Crippen molar-refractivity contribution in [2.45, 2.75) is 19.6 Å². The van der Waals surface area contributed by atoms with Crippen LogP contribution in [0, 0.1) is 0 Å². The highest BCUT2D eigenvalue weighted by molar-refractivity contribution is 5.79. The van der Waals surface area contributed by atoms with Crippen LogP contribution in [0.4, 0.5) is 8.78 Å². The van der Waals surface area contributed by atoms with E-state index in [4.69, 9.17) is 0 Å². The Morgan fingerprint density at radius 3 is 2.77 bits per heavy atom. The minimum Gasteiger partial charge on any atom is -0.434 e. The molecule has 146 valence electrons. The molecule has 1 aromatic carbocycles. The van der Waals surface area contributed by atoms with E-state index in [0.29, 0.717) is 18.1 Å². The number of ether oxygens (including phenoxy) is 1.